The van der Waals surface area contributed by atoms with Crippen molar-refractivity contribution >= 4 is 22.8 Å². The zero-order valence-electron chi connectivity index (χ0n) is 18.0. The maximum Gasteiger partial charge on any atom is 0.573 e. The predicted molar refractivity (Wildman–Crippen MR) is 111 cm³/mol. The molecule has 0 bridgehead atoms. The number of phenolic OH excluding ortho intramolecular Hbond substituents is 1. The third kappa shape index (κ3) is 5.27. The van der Waals surface area contributed by atoms with Crippen molar-refractivity contribution in [3.05, 3.63) is 53.5 Å². The first-order valence-corrected chi connectivity index (χ1v) is 10.1. The number of rotatable bonds is 6. The number of alkyl halides is 3. The molecule has 10 heteroatoms. The number of aromatic hydroxyl groups is 1. The Labute approximate surface area is 186 Å². The summed E-state index contributed by atoms with van der Waals surface area (Å²) in [5, 5.41) is 9.96. The highest BCUT2D eigenvalue weighted by atomic mass is 19.4. The summed E-state index contributed by atoms with van der Waals surface area (Å²) in [6, 6.07) is 6.17. The van der Waals surface area contributed by atoms with Crippen LogP contribution in [0.2, 0.25) is 0 Å². The molecule has 0 saturated heterocycles. The molecular weight excluding hydrogens is 446 g/mol. The topological polar surface area (TPSA) is 77.8 Å². The number of carbonyl (C=O) groups is 2. The van der Waals surface area contributed by atoms with Crippen molar-refractivity contribution in [2.75, 3.05) is 0 Å². The van der Waals surface area contributed by atoms with E-state index in [1.807, 2.05) is 13.8 Å². The molecule has 0 saturated carbocycles. The van der Waals surface area contributed by atoms with Gasteiger partial charge in [0.25, 0.3) is 5.91 Å². The number of ether oxygens (including phenoxy) is 2. The number of carbonyl (C=O) groups excluding carboxylic acids is 2. The SMILES string of the molecule is CCC(C)CC(=O)Oc1c(C)n(C(=O)c2ccc(OC(F)(F)F)cc2)c2cc(F)c(O)cc12. The van der Waals surface area contributed by atoms with Crippen molar-refractivity contribution in [2.45, 2.75) is 40.0 Å². The first-order chi connectivity index (χ1) is 15.4. The lowest BCUT2D eigenvalue weighted by molar-refractivity contribution is -0.274. The lowest BCUT2D eigenvalue weighted by atomic mass is 10.1. The van der Waals surface area contributed by atoms with Crippen LogP contribution in [0.15, 0.2) is 36.4 Å². The average Bonchev–Trinajstić information content (AvgIpc) is 2.97. The van der Waals surface area contributed by atoms with Crippen molar-refractivity contribution in [2.24, 2.45) is 5.92 Å². The first-order valence-electron chi connectivity index (χ1n) is 10.1. The number of nitrogens with zero attached hydrogens (tertiary/aromatic N) is 1. The van der Waals surface area contributed by atoms with E-state index >= 15 is 0 Å². The number of fused-ring (bicyclic) bond motifs is 1. The van der Waals surface area contributed by atoms with Crippen molar-refractivity contribution in [3.8, 4) is 17.2 Å². The highest BCUT2D eigenvalue weighted by Gasteiger charge is 2.31. The molecule has 0 fully saturated rings. The largest absolute Gasteiger partial charge is 0.573 e. The van der Waals surface area contributed by atoms with Gasteiger partial charge in [-0.25, -0.2) is 4.39 Å². The van der Waals surface area contributed by atoms with Gasteiger partial charge in [-0.2, -0.15) is 0 Å². The quantitative estimate of drug-likeness (QED) is 0.371. The Kier molecular flexibility index (Phi) is 6.66. The van der Waals surface area contributed by atoms with E-state index in [-0.39, 0.29) is 40.2 Å². The van der Waals surface area contributed by atoms with Crippen LogP contribution in [0.5, 0.6) is 17.2 Å². The number of benzene rings is 2. The van der Waals surface area contributed by atoms with Crippen LogP contribution in [0.1, 0.15) is 42.7 Å². The summed E-state index contributed by atoms with van der Waals surface area (Å²) >= 11 is 0. The second-order valence-electron chi connectivity index (χ2n) is 7.64. The highest BCUT2D eigenvalue weighted by molar-refractivity contribution is 6.05. The molecule has 0 aliphatic carbocycles. The fraction of sp³-hybridized carbons (Fsp3) is 0.304. The second-order valence-corrected chi connectivity index (χ2v) is 7.64. The Morgan fingerprint density at radius 2 is 1.79 bits per heavy atom. The summed E-state index contributed by atoms with van der Waals surface area (Å²) in [7, 11) is 0. The third-order valence-corrected chi connectivity index (χ3v) is 5.18. The molecule has 3 aromatic rings. The Morgan fingerprint density at radius 3 is 2.36 bits per heavy atom. The van der Waals surface area contributed by atoms with Crippen molar-refractivity contribution in [3.63, 3.8) is 0 Å². The number of aromatic nitrogens is 1. The van der Waals surface area contributed by atoms with E-state index in [1.165, 1.54) is 6.92 Å². The van der Waals surface area contributed by atoms with Gasteiger partial charge in [0.05, 0.1) is 11.2 Å². The van der Waals surface area contributed by atoms with Crippen LogP contribution in [0.3, 0.4) is 0 Å². The Bertz CT molecular complexity index is 1200. The zero-order valence-corrected chi connectivity index (χ0v) is 18.0. The molecule has 33 heavy (non-hydrogen) atoms. The van der Waals surface area contributed by atoms with Crippen molar-refractivity contribution in [1.29, 1.82) is 0 Å². The molecule has 176 valence electrons. The van der Waals surface area contributed by atoms with E-state index in [9.17, 15) is 32.3 Å². The van der Waals surface area contributed by atoms with Gasteiger partial charge in [-0.15, -0.1) is 13.2 Å². The molecule has 0 aliphatic rings. The minimum Gasteiger partial charge on any atom is -0.505 e. The summed E-state index contributed by atoms with van der Waals surface area (Å²) in [4.78, 5) is 25.5. The summed E-state index contributed by atoms with van der Waals surface area (Å²) in [6.45, 7) is 5.26. The second kappa shape index (κ2) is 9.13. The highest BCUT2D eigenvalue weighted by Crippen LogP contribution is 2.37. The fourth-order valence-corrected chi connectivity index (χ4v) is 3.30. The van der Waals surface area contributed by atoms with E-state index in [4.69, 9.17) is 4.74 Å². The molecular formula is C23H21F4NO5. The number of phenols is 1. The Hall–Kier alpha value is -3.56. The molecule has 2 aromatic carbocycles. The summed E-state index contributed by atoms with van der Waals surface area (Å²) in [5.41, 5.74) is 0.165. The molecule has 1 heterocycles. The Morgan fingerprint density at radius 1 is 1.15 bits per heavy atom. The van der Waals surface area contributed by atoms with Crippen LogP contribution >= 0.6 is 0 Å². The van der Waals surface area contributed by atoms with Gasteiger partial charge in [-0.05, 0) is 43.2 Å². The first kappa shape index (κ1) is 24.1. The van der Waals surface area contributed by atoms with E-state index < -0.39 is 35.6 Å². The average molecular weight is 467 g/mol. The van der Waals surface area contributed by atoms with Gasteiger partial charge in [0.15, 0.2) is 17.3 Å². The molecule has 0 amide bonds. The molecule has 0 aliphatic heterocycles. The number of hydrogen-bond acceptors (Lipinski definition) is 5. The summed E-state index contributed by atoms with van der Waals surface area (Å²) in [6.07, 6.45) is -4.02. The van der Waals surface area contributed by atoms with Gasteiger partial charge in [0.2, 0.25) is 0 Å². The van der Waals surface area contributed by atoms with Crippen LogP contribution in [0.25, 0.3) is 10.9 Å². The normalized spacial score (nSPS) is 12.6. The van der Waals surface area contributed by atoms with E-state index in [0.29, 0.717) is 0 Å². The minimum absolute atomic E-state index is 0.0148. The summed E-state index contributed by atoms with van der Waals surface area (Å²) < 4.78 is 61.6. The number of halogens is 4. The van der Waals surface area contributed by atoms with Crippen LogP contribution in [-0.4, -0.2) is 27.9 Å². The Balaban J connectivity index is 2.05. The zero-order chi connectivity index (χ0) is 24.5. The smallest absolute Gasteiger partial charge is 0.505 e. The van der Waals surface area contributed by atoms with Crippen LogP contribution in [0.4, 0.5) is 17.6 Å². The van der Waals surface area contributed by atoms with Crippen molar-refractivity contribution < 1.29 is 41.7 Å². The number of esters is 1. The van der Waals surface area contributed by atoms with Crippen LogP contribution in [0, 0.1) is 18.7 Å². The van der Waals surface area contributed by atoms with Crippen LogP contribution < -0.4 is 9.47 Å². The molecule has 1 aromatic heterocycles. The summed E-state index contributed by atoms with van der Waals surface area (Å²) in [5.74, 6) is -3.43. The minimum atomic E-state index is -4.88. The molecule has 6 nitrogen and oxygen atoms in total. The van der Waals surface area contributed by atoms with Gasteiger partial charge in [-0.3, -0.25) is 14.2 Å². The number of hydrogen-bond donors (Lipinski definition) is 1. The lowest BCUT2D eigenvalue weighted by Crippen LogP contribution is -2.17. The van der Waals surface area contributed by atoms with Gasteiger partial charge in [0, 0.05) is 23.4 Å². The molecule has 1 unspecified atom stereocenters. The molecule has 1 atom stereocenters. The molecule has 0 spiro atoms. The predicted octanol–water partition coefficient (Wildman–Crippen LogP) is 5.72. The molecule has 0 radical (unpaired) electrons. The van der Waals surface area contributed by atoms with E-state index in [2.05, 4.69) is 4.74 Å². The van der Waals surface area contributed by atoms with E-state index in [1.54, 1.807) is 0 Å². The van der Waals surface area contributed by atoms with Gasteiger partial charge >= 0.3 is 12.3 Å². The third-order valence-electron chi connectivity index (χ3n) is 5.18. The molecule has 1 N–H and O–H groups in total. The van der Waals surface area contributed by atoms with E-state index in [0.717, 1.165) is 47.4 Å². The molecule has 3 rings (SSSR count). The standard InChI is InChI=1S/C23H21F4NO5/c1-4-12(2)9-20(30)32-21-13(3)28(18-11-17(24)19(29)10-16(18)21)22(31)14-5-7-15(8-6-14)33-23(25,26)27/h5-8,10-12,29H,4,9H2,1-3H3. The maximum atomic E-state index is 14.1. The van der Waals surface area contributed by atoms with Gasteiger partial charge in [-0.1, -0.05) is 20.3 Å². The van der Waals surface area contributed by atoms with Gasteiger partial charge in [0.1, 0.15) is 5.75 Å². The maximum absolute atomic E-state index is 14.1. The fourth-order valence-electron chi connectivity index (χ4n) is 3.30. The van der Waals surface area contributed by atoms with Crippen LogP contribution in [-0.2, 0) is 4.79 Å². The monoisotopic (exact) mass is 467 g/mol. The van der Waals surface area contributed by atoms with Crippen molar-refractivity contribution in [1.82, 2.24) is 4.57 Å². The van der Waals surface area contributed by atoms with Gasteiger partial charge < -0.3 is 14.6 Å². The lowest BCUT2D eigenvalue weighted by Gasteiger charge is -2.11.